The van der Waals surface area contributed by atoms with Gasteiger partial charge in [-0.25, -0.2) is 0 Å². The SMILES string of the molecule is CCCC(C)COCCNC(C)CCC. The van der Waals surface area contributed by atoms with Crippen molar-refractivity contribution >= 4 is 0 Å². The zero-order chi connectivity index (χ0) is 11.5. The molecule has 2 atom stereocenters. The summed E-state index contributed by atoms with van der Waals surface area (Å²) in [5.74, 6) is 0.711. The number of hydrogen-bond donors (Lipinski definition) is 1. The highest BCUT2D eigenvalue weighted by Crippen LogP contribution is 2.04. The summed E-state index contributed by atoms with van der Waals surface area (Å²) >= 11 is 0. The van der Waals surface area contributed by atoms with Gasteiger partial charge in [0.15, 0.2) is 0 Å². The van der Waals surface area contributed by atoms with Gasteiger partial charge >= 0.3 is 0 Å². The Hall–Kier alpha value is -0.0800. The van der Waals surface area contributed by atoms with Crippen molar-refractivity contribution in [1.29, 1.82) is 0 Å². The van der Waals surface area contributed by atoms with Crippen LogP contribution in [0.4, 0.5) is 0 Å². The van der Waals surface area contributed by atoms with Gasteiger partial charge < -0.3 is 10.1 Å². The number of ether oxygens (including phenoxy) is 1. The van der Waals surface area contributed by atoms with E-state index in [1.54, 1.807) is 0 Å². The molecule has 0 aromatic carbocycles. The molecule has 0 bridgehead atoms. The summed E-state index contributed by atoms with van der Waals surface area (Å²) in [6.45, 7) is 11.7. The second-order valence-electron chi connectivity index (χ2n) is 4.61. The topological polar surface area (TPSA) is 21.3 Å². The Morgan fingerprint density at radius 1 is 1.07 bits per heavy atom. The maximum Gasteiger partial charge on any atom is 0.0591 e. The zero-order valence-corrected chi connectivity index (χ0v) is 11.0. The minimum absolute atomic E-state index is 0.631. The predicted molar refractivity (Wildman–Crippen MR) is 67.3 cm³/mol. The van der Waals surface area contributed by atoms with Crippen molar-refractivity contribution in [2.75, 3.05) is 19.8 Å². The van der Waals surface area contributed by atoms with Crippen LogP contribution in [-0.2, 0) is 4.74 Å². The van der Waals surface area contributed by atoms with Crippen LogP contribution in [-0.4, -0.2) is 25.8 Å². The van der Waals surface area contributed by atoms with Crippen molar-refractivity contribution in [2.45, 2.75) is 59.4 Å². The quantitative estimate of drug-likeness (QED) is 0.565. The van der Waals surface area contributed by atoms with Gasteiger partial charge in [-0.2, -0.15) is 0 Å². The average Bonchev–Trinajstić information content (AvgIpc) is 2.18. The van der Waals surface area contributed by atoms with Crippen molar-refractivity contribution in [1.82, 2.24) is 5.32 Å². The molecule has 0 saturated carbocycles. The summed E-state index contributed by atoms with van der Waals surface area (Å²) in [6, 6.07) is 0.631. The average molecular weight is 215 g/mol. The van der Waals surface area contributed by atoms with Crippen LogP contribution in [0.25, 0.3) is 0 Å². The van der Waals surface area contributed by atoms with Crippen LogP contribution in [0.3, 0.4) is 0 Å². The summed E-state index contributed by atoms with van der Waals surface area (Å²) in [4.78, 5) is 0. The molecule has 0 aromatic heterocycles. The highest BCUT2D eigenvalue weighted by atomic mass is 16.5. The first-order chi connectivity index (χ1) is 7.20. The number of rotatable bonds is 10. The van der Waals surface area contributed by atoms with Gasteiger partial charge in [-0.1, -0.05) is 33.6 Å². The number of nitrogens with one attached hydrogen (secondary N) is 1. The standard InChI is InChI=1S/C13H29NO/c1-5-7-12(3)11-15-10-9-14-13(4)8-6-2/h12-14H,5-11H2,1-4H3. The van der Waals surface area contributed by atoms with Crippen LogP contribution in [0.15, 0.2) is 0 Å². The van der Waals surface area contributed by atoms with E-state index in [1.165, 1.54) is 25.7 Å². The Balaban J connectivity index is 3.17. The van der Waals surface area contributed by atoms with E-state index in [9.17, 15) is 0 Å². The van der Waals surface area contributed by atoms with Gasteiger partial charge in [-0.05, 0) is 25.7 Å². The fourth-order valence-electron chi connectivity index (χ4n) is 1.77. The molecular formula is C13H29NO. The van der Waals surface area contributed by atoms with E-state index in [2.05, 4.69) is 33.0 Å². The van der Waals surface area contributed by atoms with Crippen LogP contribution >= 0.6 is 0 Å². The van der Waals surface area contributed by atoms with Crippen LogP contribution in [0.1, 0.15) is 53.4 Å². The first-order valence-electron chi connectivity index (χ1n) is 6.51. The lowest BCUT2D eigenvalue weighted by molar-refractivity contribution is 0.102. The van der Waals surface area contributed by atoms with Crippen LogP contribution in [0.5, 0.6) is 0 Å². The van der Waals surface area contributed by atoms with E-state index in [0.29, 0.717) is 12.0 Å². The Morgan fingerprint density at radius 3 is 2.33 bits per heavy atom. The predicted octanol–water partition coefficient (Wildman–Crippen LogP) is 3.22. The highest BCUT2D eigenvalue weighted by molar-refractivity contribution is 4.58. The molecule has 0 aliphatic rings. The lowest BCUT2D eigenvalue weighted by Crippen LogP contribution is -2.29. The Morgan fingerprint density at radius 2 is 1.73 bits per heavy atom. The largest absolute Gasteiger partial charge is 0.380 e. The summed E-state index contributed by atoms with van der Waals surface area (Å²) in [5.41, 5.74) is 0. The molecular weight excluding hydrogens is 186 g/mol. The number of hydrogen-bond acceptors (Lipinski definition) is 2. The molecule has 0 fully saturated rings. The smallest absolute Gasteiger partial charge is 0.0591 e. The summed E-state index contributed by atoms with van der Waals surface area (Å²) < 4.78 is 5.61. The van der Waals surface area contributed by atoms with Crippen molar-refractivity contribution in [2.24, 2.45) is 5.92 Å². The van der Waals surface area contributed by atoms with Gasteiger partial charge in [0, 0.05) is 19.2 Å². The lowest BCUT2D eigenvalue weighted by Gasteiger charge is -2.14. The lowest BCUT2D eigenvalue weighted by atomic mass is 10.1. The molecule has 2 unspecified atom stereocenters. The van der Waals surface area contributed by atoms with Gasteiger partial charge in [-0.15, -0.1) is 0 Å². The molecule has 1 N–H and O–H groups in total. The Labute approximate surface area is 95.8 Å². The van der Waals surface area contributed by atoms with Crippen molar-refractivity contribution in [3.05, 3.63) is 0 Å². The van der Waals surface area contributed by atoms with Crippen molar-refractivity contribution in [3.8, 4) is 0 Å². The first-order valence-corrected chi connectivity index (χ1v) is 6.51. The third-order valence-electron chi connectivity index (χ3n) is 2.64. The molecule has 0 aliphatic heterocycles. The fourth-order valence-corrected chi connectivity index (χ4v) is 1.77. The van der Waals surface area contributed by atoms with Crippen LogP contribution in [0.2, 0.25) is 0 Å². The third-order valence-corrected chi connectivity index (χ3v) is 2.64. The van der Waals surface area contributed by atoms with E-state index in [4.69, 9.17) is 4.74 Å². The Kier molecular flexibility index (Phi) is 10.4. The molecule has 0 radical (unpaired) electrons. The third kappa shape index (κ3) is 10.2. The summed E-state index contributed by atoms with van der Waals surface area (Å²) in [5, 5.41) is 3.46. The Bertz CT molecular complexity index is 114. The molecule has 0 heterocycles. The molecule has 92 valence electrons. The first kappa shape index (κ1) is 14.9. The van der Waals surface area contributed by atoms with Crippen LogP contribution in [0, 0.1) is 5.92 Å². The molecule has 15 heavy (non-hydrogen) atoms. The summed E-state index contributed by atoms with van der Waals surface area (Å²) in [6.07, 6.45) is 5.05. The van der Waals surface area contributed by atoms with E-state index in [0.717, 1.165) is 19.8 Å². The molecule has 0 aromatic rings. The molecule has 0 saturated heterocycles. The molecule has 2 nitrogen and oxygen atoms in total. The van der Waals surface area contributed by atoms with E-state index < -0.39 is 0 Å². The molecule has 0 aliphatic carbocycles. The van der Waals surface area contributed by atoms with Gasteiger partial charge in [0.25, 0.3) is 0 Å². The maximum atomic E-state index is 5.61. The minimum Gasteiger partial charge on any atom is -0.380 e. The second-order valence-corrected chi connectivity index (χ2v) is 4.61. The van der Waals surface area contributed by atoms with Crippen molar-refractivity contribution in [3.63, 3.8) is 0 Å². The molecule has 2 heteroatoms. The van der Waals surface area contributed by atoms with Gasteiger partial charge in [0.1, 0.15) is 0 Å². The summed E-state index contributed by atoms with van der Waals surface area (Å²) in [7, 11) is 0. The maximum absolute atomic E-state index is 5.61. The zero-order valence-electron chi connectivity index (χ0n) is 11.0. The molecule has 0 spiro atoms. The highest BCUT2D eigenvalue weighted by Gasteiger charge is 2.01. The van der Waals surface area contributed by atoms with E-state index in [1.807, 2.05) is 0 Å². The second kappa shape index (κ2) is 10.4. The monoisotopic (exact) mass is 215 g/mol. The molecule has 0 amide bonds. The normalized spacial score (nSPS) is 15.2. The van der Waals surface area contributed by atoms with Crippen LogP contribution < -0.4 is 5.32 Å². The fraction of sp³-hybridized carbons (Fsp3) is 1.00. The van der Waals surface area contributed by atoms with Gasteiger partial charge in [-0.3, -0.25) is 0 Å². The van der Waals surface area contributed by atoms with E-state index >= 15 is 0 Å². The molecule has 0 rings (SSSR count). The minimum atomic E-state index is 0.631. The van der Waals surface area contributed by atoms with E-state index in [-0.39, 0.29) is 0 Å². The van der Waals surface area contributed by atoms with Gasteiger partial charge in [0.2, 0.25) is 0 Å². The van der Waals surface area contributed by atoms with Crippen molar-refractivity contribution < 1.29 is 4.74 Å². The van der Waals surface area contributed by atoms with Gasteiger partial charge in [0.05, 0.1) is 6.61 Å².